The summed E-state index contributed by atoms with van der Waals surface area (Å²) in [6.07, 6.45) is 1.70. The Balaban J connectivity index is 1.48. The van der Waals surface area contributed by atoms with Crippen LogP contribution in [0.5, 0.6) is 0 Å². The minimum atomic E-state index is -0.203. The third-order valence-electron chi connectivity index (χ3n) is 4.57. The van der Waals surface area contributed by atoms with Gasteiger partial charge in [0.15, 0.2) is 0 Å². The van der Waals surface area contributed by atoms with Gasteiger partial charge in [0.05, 0.1) is 16.9 Å². The van der Waals surface area contributed by atoms with Gasteiger partial charge in [0.25, 0.3) is 5.91 Å². The van der Waals surface area contributed by atoms with E-state index in [-0.39, 0.29) is 5.91 Å². The van der Waals surface area contributed by atoms with Gasteiger partial charge in [-0.15, -0.1) is 11.3 Å². The first-order valence-electron chi connectivity index (χ1n) is 8.50. The molecular formula is C19H19ClN4OS. The van der Waals surface area contributed by atoms with Crippen LogP contribution in [0, 0.1) is 0 Å². The summed E-state index contributed by atoms with van der Waals surface area (Å²) in [6.45, 7) is 3.99. The van der Waals surface area contributed by atoms with Gasteiger partial charge in [0, 0.05) is 36.3 Å². The van der Waals surface area contributed by atoms with Gasteiger partial charge < -0.3 is 15.1 Å². The van der Waals surface area contributed by atoms with Gasteiger partial charge in [-0.1, -0.05) is 29.8 Å². The van der Waals surface area contributed by atoms with Gasteiger partial charge in [-0.25, -0.2) is 4.98 Å². The Labute approximate surface area is 161 Å². The van der Waals surface area contributed by atoms with Crippen LogP contribution in [0.1, 0.15) is 9.67 Å². The quantitative estimate of drug-likeness (QED) is 0.740. The number of thiophene rings is 1. The van der Waals surface area contributed by atoms with Crippen molar-refractivity contribution in [1.82, 2.24) is 9.88 Å². The molecule has 0 unspecified atom stereocenters. The summed E-state index contributed by atoms with van der Waals surface area (Å²) in [4.78, 5) is 22.2. The maximum atomic E-state index is 12.6. The Kier molecular flexibility index (Phi) is 4.80. The van der Waals surface area contributed by atoms with Crippen molar-refractivity contribution in [2.45, 2.75) is 0 Å². The number of benzene rings is 1. The monoisotopic (exact) mass is 386 g/mol. The number of aromatic nitrogens is 1. The molecule has 0 radical (unpaired) electrons. The van der Waals surface area contributed by atoms with Crippen molar-refractivity contribution in [1.29, 1.82) is 0 Å². The number of rotatable bonds is 3. The average Bonchev–Trinajstić information content (AvgIpc) is 3.00. The molecule has 0 bridgehead atoms. The molecule has 0 aliphatic carbocycles. The van der Waals surface area contributed by atoms with Gasteiger partial charge in [-0.2, -0.15) is 0 Å². The second-order valence-corrected chi connectivity index (χ2v) is 7.82. The molecule has 4 rings (SSSR count). The van der Waals surface area contributed by atoms with E-state index in [4.69, 9.17) is 11.6 Å². The zero-order valence-electron chi connectivity index (χ0n) is 14.4. The zero-order valence-corrected chi connectivity index (χ0v) is 16.0. The molecule has 1 N–H and O–H groups in total. The predicted octanol–water partition coefficient (Wildman–Crippen LogP) is 3.95. The van der Waals surface area contributed by atoms with Gasteiger partial charge in [0.1, 0.15) is 10.7 Å². The van der Waals surface area contributed by atoms with Crippen LogP contribution >= 0.6 is 22.9 Å². The Morgan fingerprint density at radius 2 is 1.92 bits per heavy atom. The fourth-order valence-electron chi connectivity index (χ4n) is 3.03. The molecule has 5 nitrogen and oxygen atoms in total. The number of carbonyl (C=O) groups is 1. The molecule has 0 spiro atoms. The topological polar surface area (TPSA) is 48.5 Å². The molecule has 1 aliphatic rings. The molecule has 1 amide bonds. The summed E-state index contributed by atoms with van der Waals surface area (Å²) in [7, 11) is 2.13. The Bertz CT molecular complexity index is 932. The molecule has 2 aromatic heterocycles. The lowest BCUT2D eigenvalue weighted by Gasteiger charge is -2.33. The number of fused-ring (bicyclic) bond motifs is 1. The highest BCUT2D eigenvalue weighted by Gasteiger charge is 2.18. The van der Waals surface area contributed by atoms with Gasteiger partial charge in [0.2, 0.25) is 0 Å². The first-order valence-corrected chi connectivity index (χ1v) is 9.69. The first kappa shape index (κ1) is 17.3. The third kappa shape index (κ3) is 3.40. The lowest BCUT2D eigenvalue weighted by molar-refractivity contribution is 0.103. The van der Waals surface area contributed by atoms with E-state index in [1.54, 1.807) is 6.20 Å². The van der Waals surface area contributed by atoms with E-state index >= 15 is 0 Å². The second-order valence-electron chi connectivity index (χ2n) is 6.39. The summed E-state index contributed by atoms with van der Waals surface area (Å²) >= 11 is 7.78. The molecule has 0 saturated carbocycles. The Hall–Kier alpha value is -2.15. The Morgan fingerprint density at radius 1 is 1.15 bits per heavy atom. The number of piperazine rings is 1. The van der Waals surface area contributed by atoms with E-state index in [1.165, 1.54) is 11.3 Å². The van der Waals surface area contributed by atoms with Crippen molar-refractivity contribution in [3.8, 4) is 0 Å². The van der Waals surface area contributed by atoms with E-state index in [0.717, 1.165) is 42.1 Å². The molecule has 0 atom stereocenters. The number of anilines is 2. The number of amides is 1. The van der Waals surface area contributed by atoms with Crippen molar-refractivity contribution >= 4 is 50.4 Å². The highest BCUT2D eigenvalue weighted by molar-refractivity contribution is 7.21. The lowest BCUT2D eigenvalue weighted by Crippen LogP contribution is -2.44. The number of likely N-dealkylation sites (N-methyl/N-ethyl adjacent to an activating group) is 1. The number of halogens is 1. The molecular weight excluding hydrogens is 368 g/mol. The molecule has 3 aromatic rings. The molecule has 1 aliphatic heterocycles. The molecule has 1 saturated heterocycles. The van der Waals surface area contributed by atoms with Crippen molar-refractivity contribution < 1.29 is 4.79 Å². The fraction of sp³-hybridized carbons (Fsp3) is 0.263. The standard InChI is InChI=1S/C19H19ClN4OS/c1-23-8-10-24(11-9-23)16-7-6-13(12-21-16)22-19(25)18-17(20)14-4-2-3-5-15(14)26-18/h2-7,12H,8-11H2,1H3,(H,22,25). The third-order valence-corrected chi connectivity index (χ3v) is 6.25. The SMILES string of the molecule is CN1CCN(c2ccc(NC(=O)c3sc4ccccc4c3Cl)cn2)CC1. The van der Waals surface area contributed by atoms with Crippen LogP contribution < -0.4 is 10.2 Å². The normalized spacial score (nSPS) is 15.4. The molecule has 1 fully saturated rings. The van der Waals surface area contributed by atoms with E-state index in [9.17, 15) is 4.79 Å². The summed E-state index contributed by atoms with van der Waals surface area (Å²) in [5.41, 5.74) is 0.668. The highest BCUT2D eigenvalue weighted by Crippen LogP contribution is 2.35. The first-order chi connectivity index (χ1) is 12.6. The number of hydrogen-bond acceptors (Lipinski definition) is 5. The van der Waals surface area contributed by atoms with Crippen molar-refractivity contribution in [3.05, 3.63) is 52.5 Å². The molecule has 1 aromatic carbocycles. The van der Waals surface area contributed by atoms with Gasteiger partial charge in [-0.3, -0.25) is 4.79 Å². The highest BCUT2D eigenvalue weighted by atomic mass is 35.5. The van der Waals surface area contributed by atoms with Crippen LogP contribution in [0.3, 0.4) is 0 Å². The smallest absolute Gasteiger partial charge is 0.267 e. The molecule has 3 heterocycles. The number of nitrogens with zero attached hydrogens (tertiary/aromatic N) is 3. The number of pyridine rings is 1. The minimum Gasteiger partial charge on any atom is -0.354 e. The Morgan fingerprint density at radius 3 is 2.62 bits per heavy atom. The predicted molar refractivity (Wildman–Crippen MR) is 109 cm³/mol. The van der Waals surface area contributed by atoms with Gasteiger partial charge >= 0.3 is 0 Å². The van der Waals surface area contributed by atoms with Crippen molar-refractivity contribution in [3.63, 3.8) is 0 Å². The van der Waals surface area contributed by atoms with Crippen molar-refractivity contribution in [2.24, 2.45) is 0 Å². The number of nitrogens with one attached hydrogen (secondary N) is 1. The van der Waals surface area contributed by atoms with E-state index < -0.39 is 0 Å². The molecule has 7 heteroatoms. The molecule has 134 valence electrons. The molecule has 26 heavy (non-hydrogen) atoms. The van der Waals surface area contributed by atoms with Crippen LogP contribution in [-0.4, -0.2) is 49.0 Å². The summed E-state index contributed by atoms with van der Waals surface area (Å²) in [5.74, 6) is 0.737. The lowest BCUT2D eigenvalue weighted by atomic mass is 10.2. The van der Waals surface area contributed by atoms with Crippen LogP contribution in [-0.2, 0) is 0 Å². The summed E-state index contributed by atoms with van der Waals surface area (Å²) in [6, 6.07) is 11.6. The average molecular weight is 387 g/mol. The van der Waals surface area contributed by atoms with Gasteiger partial charge in [-0.05, 0) is 25.2 Å². The van der Waals surface area contributed by atoms with E-state index in [0.29, 0.717) is 15.6 Å². The van der Waals surface area contributed by atoms with E-state index in [1.807, 2.05) is 36.4 Å². The van der Waals surface area contributed by atoms with Crippen LogP contribution in [0.25, 0.3) is 10.1 Å². The summed E-state index contributed by atoms with van der Waals surface area (Å²) in [5, 5.41) is 4.31. The van der Waals surface area contributed by atoms with Crippen LogP contribution in [0.4, 0.5) is 11.5 Å². The largest absolute Gasteiger partial charge is 0.354 e. The fourth-order valence-corrected chi connectivity index (χ4v) is 4.44. The van der Waals surface area contributed by atoms with E-state index in [2.05, 4.69) is 27.1 Å². The van der Waals surface area contributed by atoms with Crippen LogP contribution in [0.15, 0.2) is 42.6 Å². The van der Waals surface area contributed by atoms with Crippen molar-refractivity contribution in [2.75, 3.05) is 43.4 Å². The maximum absolute atomic E-state index is 12.6. The van der Waals surface area contributed by atoms with Crippen LogP contribution in [0.2, 0.25) is 5.02 Å². The second kappa shape index (κ2) is 7.23. The number of carbonyl (C=O) groups excluding carboxylic acids is 1. The zero-order chi connectivity index (χ0) is 18.1. The maximum Gasteiger partial charge on any atom is 0.267 e. The number of hydrogen-bond donors (Lipinski definition) is 1. The minimum absolute atomic E-state index is 0.203. The summed E-state index contributed by atoms with van der Waals surface area (Å²) < 4.78 is 1.01.